The normalized spacial score (nSPS) is 20.7. The molecule has 0 bridgehead atoms. The van der Waals surface area contributed by atoms with Crippen LogP contribution in [0.25, 0.3) is 0 Å². The first kappa shape index (κ1) is 17.2. The van der Waals surface area contributed by atoms with Gasteiger partial charge in [-0.25, -0.2) is 4.79 Å². The molecule has 1 aromatic rings. The zero-order chi connectivity index (χ0) is 16.7. The van der Waals surface area contributed by atoms with Crippen molar-refractivity contribution in [2.45, 2.75) is 38.1 Å². The first-order chi connectivity index (χ1) is 11.1. The number of carbonyl (C=O) groups excluding carboxylic acids is 1. The minimum Gasteiger partial charge on any atom is -0.396 e. The van der Waals surface area contributed by atoms with Gasteiger partial charge in [0.05, 0.1) is 4.92 Å². The van der Waals surface area contributed by atoms with Gasteiger partial charge in [-0.1, -0.05) is 31.0 Å². The van der Waals surface area contributed by atoms with Crippen LogP contribution in [0.4, 0.5) is 10.5 Å². The van der Waals surface area contributed by atoms with Crippen molar-refractivity contribution < 1.29 is 14.8 Å². The molecule has 23 heavy (non-hydrogen) atoms. The highest BCUT2D eigenvalue weighted by molar-refractivity contribution is 5.74. The zero-order valence-electron chi connectivity index (χ0n) is 13.0. The van der Waals surface area contributed by atoms with Crippen LogP contribution in [0, 0.1) is 16.0 Å². The third-order valence-electron chi connectivity index (χ3n) is 4.33. The fourth-order valence-corrected chi connectivity index (χ4v) is 3.05. The molecule has 1 saturated carbocycles. The summed E-state index contributed by atoms with van der Waals surface area (Å²) in [6, 6.07) is 6.24. The lowest BCUT2D eigenvalue weighted by Crippen LogP contribution is -2.48. The Balaban J connectivity index is 1.80. The Morgan fingerprint density at radius 2 is 2.04 bits per heavy atom. The number of para-hydroxylation sites is 1. The van der Waals surface area contributed by atoms with Gasteiger partial charge < -0.3 is 15.7 Å². The van der Waals surface area contributed by atoms with Crippen LogP contribution in [0.15, 0.2) is 24.3 Å². The van der Waals surface area contributed by atoms with E-state index in [0.717, 1.165) is 25.7 Å². The SMILES string of the molecule is O=C(NCCc1ccccc1[N+](=O)[O-])N[C@@H]1CCCC[C@H]1CO. The lowest BCUT2D eigenvalue weighted by atomic mass is 9.85. The number of urea groups is 1. The van der Waals surface area contributed by atoms with E-state index in [9.17, 15) is 20.0 Å². The van der Waals surface area contributed by atoms with Crippen LogP contribution in [0.3, 0.4) is 0 Å². The molecule has 0 aromatic heterocycles. The maximum atomic E-state index is 11.9. The molecule has 7 nitrogen and oxygen atoms in total. The molecular formula is C16H23N3O4. The summed E-state index contributed by atoms with van der Waals surface area (Å²) < 4.78 is 0. The summed E-state index contributed by atoms with van der Waals surface area (Å²) in [5.41, 5.74) is 0.672. The Hall–Kier alpha value is -2.15. The van der Waals surface area contributed by atoms with Gasteiger partial charge in [-0.15, -0.1) is 0 Å². The van der Waals surface area contributed by atoms with Crippen molar-refractivity contribution in [1.82, 2.24) is 10.6 Å². The van der Waals surface area contributed by atoms with Crippen molar-refractivity contribution >= 4 is 11.7 Å². The van der Waals surface area contributed by atoms with Gasteiger partial charge in [0.1, 0.15) is 0 Å². The zero-order valence-corrected chi connectivity index (χ0v) is 13.0. The van der Waals surface area contributed by atoms with Crippen LogP contribution in [0.5, 0.6) is 0 Å². The Bertz CT molecular complexity index is 550. The molecule has 0 radical (unpaired) electrons. The average Bonchev–Trinajstić information content (AvgIpc) is 2.55. The third-order valence-corrected chi connectivity index (χ3v) is 4.33. The standard InChI is InChI=1S/C16H23N3O4/c20-11-13-6-1-3-7-14(13)18-16(21)17-10-9-12-5-2-4-8-15(12)19(22)23/h2,4-5,8,13-14,20H,1,3,6-7,9-11H2,(H2,17,18,21)/t13-,14+/m0/s1. The van der Waals surface area contributed by atoms with E-state index in [1.54, 1.807) is 18.2 Å². The summed E-state index contributed by atoms with van der Waals surface area (Å²) in [4.78, 5) is 22.5. The van der Waals surface area contributed by atoms with E-state index >= 15 is 0 Å². The molecule has 1 aliphatic rings. The predicted molar refractivity (Wildman–Crippen MR) is 86.2 cm³/mol. The molecule has 2 atom stereocenters. The van der Waals surface area contributed by atoms with Gasteiger partial charge in [-0.3, -0.25) is 10.1 Å². The summed E-state index contributed by atoms with van der Waals surface area (Å²) in [6.45, 7) is 0.411. The van der Waals surface area contributed by atoms with Gasteiger partial charge >= 0.3 is 6.03 Å². The van der Waals surface area contributed by atoms with Gasteiger partial charge in [-0.05, 0) is 19.3 Å². The van der Waals surface area contributed by atoms with Crippen LogP contribution in [0.2, 0.25) is 0 Å². The fourth-order valence-electron chi connectivity index (χ4n) is 3.05. The smallest absolute Gasteiger partial charge is 0.315 e. The molecular weight excluding hydrogens is 298 g/mol. The Morgan fingerprint density at radius 3 is 2.78 bits per heavy atom. The number of amides is 2. The van der Waals surface area contributed by atoms with E-state index in [-0.39, 0.29) is 30.3 Å². The third kappa shape index (κ3) is 4.92. The predicted octanol–water partition coefficient (Wildman–Crippen LogP) is 1.99. The monoisotopic (exact) mass is 321 g/mol. The van der Waals surface area contributed by atoms with Crippen LogP contribution >= 0.6 is 0 Å². The summed E-state index contributed by atoms with van der Waals surface area (Å²) >= 11 is 0. The molecule has 0 heterocycles. The molecule has 7 heteroatoms. The van der Waals surface area contributed by atoms with Crippen molar-refractivity contribution in [1.29, 1.82) is 0 Å². The number of hydrogen-bond acceptors (Lipinski definition) is 4. The summed E-state index contributed by atoms with van der Waals surface area (Å²) in [5, 5.41) is 25.9. The van der Waals surface area contributed by atoms with Gasteiger partial charge in [0.2, 0.25) is 0 Å². The molecule has 0 spiro atoms. The number of carbonyl (C=O) groups is 1. The Labute approximate surface area is 135 Å². The van der Waals surface area contributed by atoms with Crippen molar-refractivity contribution in [3.05, 3.63) is 39.9 Å². The van der Waals surface area contributed by atoms with Gasteiger partial charge in [0.15, 0.2) is 0 Å². The summed E-state index contributed by atoms with van der Waals surface area (Å²) in [5.74, 6) is 0.115. The highest BCUT2D eigenvalue weighted by Gasteiger charge is 2.25. The van der Waals surface area contributed by atoms with E-state index < -0.39 is 4.92 Å². The minimum absolute atomic E-state index is 0.000175. The van der Waals surface area contributed by atoms with E-state index in [1.807, 2.05) is 0 Å². The van der Waals surface area contributed by atoms with Crippen molar-refractivity contribution in [2.24, 2.45) is 5.92 Å². The van der Waals surface area contributed by atoms with Gasteiger partial charge in [0.25, 0.3) is 5.69 Å². The molecule has 1 aliphatic carbocycles. The first-order valence-electron chi connectivity index (χ1n) is 7.99. The number of hydrogen-bond donors (Lipinski definition) is 3. The Morgan fingerprint density at radius 1 is 1.30 bits per heavy atom. The fraction of sp³-hybridized carbons (Fsp3) is 0.562. The average molecular weight is 321 g/mol. The molecule has 2 rings (SSSR count). The van der Waals surface area contributed by atoms with E-state index in [0.29, 0.717) is 18.5 Å². The number of aliphatic hydroxyl groups is 1. The second-order valence-electron chi connectivity index (χ2n) is 5.87. The van der Waals surface area contributed by atoms with Crippen LogP contribution < -0.4 is 10.6 Å². The lowest BCUT2D eigenvalue weighted by molar-refractivity contribution is -0.385. The highest BCUT2D eigenvalue weighted by atomic mass is 16.6. The topological polar surface area (TPSA) is 104 Å². The first-order valence-corrected chi connectivity index (χ1v) is 7.99. The lowest BCUT2D eigenvalue weighted by Gasteiger charge is -2.30. The van der Waals surface area contributed by atoms with E-state index in [2.05, 4.69) is 10.6 Å². The molecule has 126 valence electrons. The van der Waals surface area contributed by atoms with Crippen molar-refractivity contribution in [3.63, 3.8) is 0 Å². The summed E-state index contributed by atoms with van der Waals surface area (Å²) in [6.07, 6.45) is 4.35. The quantitative estimate of drug-likeness (QED) is 0.550. The van der Waals surface area contributed by atoms with E-state index in [1.165, 1.54) is 6.07 Å². The Kier molecular flexibility index (Phi) is 6.34. The number of aliphatic hydroxyl groups excluding tert-OH is 1. The molecule has 1 aromatic carbocycles. The molecule has 0 aliphatic heterocycles. The number of nitro benzene ring substituents is 1. The largest absolute Gasteiger partial charge is 0.396 e. The molecule has 2 amide bonds. The number of benzene rings is 1. The molecule has 1 fully saturated rings. The van der Waals surface area contributed by atoms with Crippen LogP contribution in [-0.2, 0) is 6.42 Å². The van der Waals surface area contributed by atoms with Crippen LogP contribution in [-0.4, -0.2) is 35.3 Å². The van der Waals surface area contributed by atoms with Gasteiger partial charge in [-0.2, -0.15) is 0 Å². The number of nitrogens with one attached hydrogen (secondary N) is 2. The highest BCUT2D eigenvalue weighted by Crippen LogP contribution is 2.23. The number of nitro groups is 1. The number of rotatable bonds is 6. The van der Waals surface area contributed by atoms with Crippen molar-refractivity contribution in [3.8, 4) is 0 Å². The van der Waals surface area contributed by atoms with Crippen molar-refractivity contribution in [2.75, 3.05) is 13.2 Å². The summed E-state index contributed by atoms with van der Waals surface area (Å²) in [7, 11) is 0. The molecule has 0 saturated heterocycles. The second kappa shape index (κ2) is 8.47. The van der Waals surface area contributed by atoms with E-state index in [4.69, 9.17) is 0 Å². The maximum Gasteiger partial charge on any atom is 0.315 e. The number of nitrogens with zero attached hydrogens (tertiary/aromatic N) is 1. The molecule has 0 unspecified atom stereocenters. The van der Waals surface area contributed by atoms with Gasteiger partial charge in [0, 0.05) is 36.7 Å². The second-order valence-corrected chi connectivity index (χ2v) is 5.87. The molecule has 3 N–H and O–H groups in total. The minimum atomic E-state index is -0.413. The van der Waals surface area contributed by atoms with Crippen LogP contribution in [0.1, 0.15) is 31.2 Å². The maximum absolute atomic E-state index is 11.9.